The van der Waals surface area contributed by atoms with Crippen molar-refractivity contribution in [2.45, 2.75) is 83.3 Å². The van der Waals surface area contributed by atoms with Crippen LogP contribution in [0, 0.1) is 0 Å². The number of hydrogen-bond donors (Lipinski definition) is 0. The first-order valence-corrected chi connectivity index (χ1v) is 8.69. The van der Waals surface area contributed by atoms with E-state index >= 15 is 0 Å². The van der Waals surface area contributed by atoms with Crippen molar-refractivity contribution in [3.63, 3.8) is 0 Å². The summed E-state index contributed by atoms with van der Waals surface area (Å²) < 4.78 is 7.00. The van der Waals surface area contributed by atoms with E-state index in [4.69, 9.17) is 4.74 Å². The molecule has 0 aromatic heterocycles. The predicted molar refractivity (Wildman–Crippen MR) is 81.4 cm³/mol. The van der Waals surface area contributed by atoms with E-state index in [1.807, 2.05) is 0 Å². The van der Waals surface area contributed by atoms with E-state index < -0.39 is 0 Å². The van der Waals surface area contributed by atoms with E-state index in [-0.39, 0.29) is 12.1 Å². The van der Waals surface area contributed by atoms with Crippen molar-refractivity contribution < 1.29 is 14.0 Å². The number of esters is 1. The number of ether oxygens (including phenoxy) is 1. The largest absolute Gasteiger partial charge is 0.456 e. The van der Waals surface area contributed by atoms with Crippen molar-refractivity contribution in [1.29, 1.82) is 0 Å². The molecule has 2 rings (SSSR count). The molecule has 2 heterocycles. The average Bonchev–Trinajstić information content (AvgIpc) is 2.43. The second-order valence-corrected chi connectivity index (χ2v) is 6.97. The van der Waals surface area contributed by atoms with Crippen molar-refractivity contribution in [2.24, 2.45) is 0 Å². The topological polar surface area (TPSA) is 26.3 Å². The van der Waals surface area contributed by atoms with Crippen LogP contribution in [0.15, 0.2) is 0 Å². The summed E-state index contributed by atoms with van der Waals surface area (Å²) in [4.78, 5) is 12.0. The highest BCUT2D eigenvalue weighted by atomic mass is 16.5. The highest BCUT2D eigenvalue weighted by Gasteiger charge is 2.45. The molecule has 0 amide bonds. The molecule has 3 atom stereocenters. The number of piperidine rings is 2. The van der Waals surface area contributed by atoms with Crippen molar-refractivity contribution in [3.05, 3.63) is 0 Å². The standard InChI is InChI=1S/C17H32NO2/c1-3-4-5-6-12-17(19)20-16-11-9-14-18(2)13-8-7-10-15(16)18/h15-16H,3-14H2,1-2H3/q+1/t15-,16-,18?/m1/s1. The molecule has 0 aromatic rings. The first-order chi connectivity index (χ1) is 9.65. The molecule has 20 heavy (non-hydrogen) atoms. The number of nitrogens with zero attached hydrogens (tertiary/aromatic N) is 1. The molecule has 0 saturated carbocycles. The Balaban J connectivity index is 1.80. The highest BCUT2D eigenvalue weighted by Crippen LogP contribution is 2.34. The Hall–Kier alpha value is -0.570. The first kappa shape index (κ1) is 15.8. The van der Waals surface area contributed by atoms with Crippen LogP contribution in [0.1, 0.15) is 71.1 Å². The fourth-order valence-electron chi connectivity index (χ4n) is 4.08. The van der Waals surface area contributed by atoms with E-state index in [9.17, 15) is 4.79 Å². The molecule has 0 spiro atoms. The van der Waals surface area contributed by atoms with E-state index in [0.29, 0.717) is 12.5 Å². The molecule has 1 unspecified atom stereocenters. The molecule has 0 radical (unpaired) electrons. The van der Waals surface area contributed by atoms with Crippen LogP contribution < -0.4 is 0 Å². The third kappa shape index (κ3) is 3.97. The predicted octanol–water partition coefficient (Wildman–Crippen LogP) is 3.66. The van der Waals surface area contributed by atoms with Gasteiger partial charge in [-0.05, 0) is 25.7 Å². The van der Waals surface area contributed by atoms with E-state index in [1.54, 1.807) is 0 Å². The zero-order valence-corrected chi connectivity index (χ0v) is 13.4. The lowest BCUT2D eigenvalue weighted by Crippen LogP contribution is -2.63. The quantitative estimate of drug-likeness (QED) is 0.422. The molecule has 3 heteroatoms. The second kappa shape index (κ2) is 7.44. The van der Waals surface area contributed by atoms with E-state index in [1.165, 1.54) is 51.6 Å². The van der Waals surface area contributed by atoms with Gasteiger partial charge in [-0.15, -0.1) is 0 Å². The van der Waals surface area contributed by atoms with Crippen LogP contribution in [0.3, 0.4) is 0 Å². The lowest BCUT2D eigenvalue weighted by Gasteiger charge is -2.50. The second-order valence-electron chi connectivity index (χ2n) is 6.97. The number of fused-ring (bicyclic) bond motifs is 1. The van der Waals surface area contributed by atoms with Crippen LogP contribution in [0.25, 0.3) is 0 Å². The highest BCUT2D eigenvalue weighted by molar-refractivity contribution is 5.69. The summed E-state index contributed by atoms with van der Waals surface area (Å²) in [6, 6.07) is 0.567. The monoisotopic (exact) mass is 282 g/mol. The minimum Gasteiger partial charge on any atom is -0.456 e. The van der Waals surface area contributed by atoms with Gasteiger partial charge in [0.25, 0.3) is 0 Å². The Bertz CT molecular complexity index is 314. The Labute approximate surface area is 124 Å². The average molecular weight is 282 g/mol. The molecule has 2 aliphatic rings. The van der Waals surface area contributed by atoms with Gasteiger partial charge in [0, 0.05) is 19.3 Å². The van der Waals surface area contributed by atoms with Crippen LogP contribution in [0.2, 0.25) is 0 Å². The smallest absolute Gasteiger partial charge is 0.306 e. The van der Waals surface area contributed by atoms with Gasteiger partial charge in [0.05, 0.1) is 20.1 Å². The molecular formula is C17H32NO2+. The van der Waals surface area contributed by atoms with Crippen molar-refractivity contribution >= 4 is 5.97 Å². The molecule has 0 N–H and O–H groups in total. The summed E-state index contributed by atoms with van der Waals surface area (Å²) in [5.74, 6) is 0.0464. The van der Waals surface area contributed by atoms with Crippen LogP contribution in [0.4, 0.5) is 0 Å². The number of quaternary nitrogens is 1. The molecule has 0 aliphatic carbocycles. The van der Waals surface area contributed by atoms with Crippen LogP contribution in [0.5, 0.6) is 0 Å². The van der Waals surface area contributed by atoms with E-state index in [2.05, 4.69) is 14.0 Å². The van der Waals surface area contributed by atoms with Crippen LogP contribution >= 0.6 is 0 Å². The Morgan fingerprint density at radius 2 is 1.90 bits per heavy atom. The number of rotatable bonds is 6. The first-order valence-electron chi connectivity index (χ1n) is 8.69. The van der Waals surface area contributed by atoms with Crippen molar-refractivity contribution in [2.75, 3.05) is 20.1 Å². The normalized spacial score (nSPS) is 33.5. The molecule has 2 fully saturated rings. The minimum atomic E-state index is 0.0464. The van der Waals surface area contributed by atoms with Gasteiger partial charge in [0.1, 0.15) is 6.04 Å². The summed E-state index contributed by atoms with van der Waals surface area (Å²) in [6.07, 6.45) is 11.6. The molecule has 0 bridgehead atoms. The summed E-state index contributed by atoms with van der Waals surface area (Å²) >= 11 is 0. The third-order valence-electron chi connectivity index (χ3n) is 5.32. The van der Waals surface area contributed by atoms with E-state index in [0.717, 1.165) is 23.7 Å². The Morgan fingerprint density at radius 1 is 1.10 bits per heavy atom. The fourth-order valence-corrected chi connectivity index (χ4v) is 4.08. The summed E-state index contributed by atoms with van der Waals surface area (Å²) in [6.45, 7) is 4.74. The lowest BCUT2D eigenvalue weighted by atomic mass is 9.88. The van der Waals surface area contributed by atoms with Crippen LogP contribution in [-0.4, -0.2) is 42.7 Å². The van der Waals surface area contributed by atoms with Gasteiger partial charge in [0.2, 0.25) is 0 Å². The fraction of sp³-hybridized carbons (Fsp3) is 0.941. The van der Waals surface area contributed by atoms with Gasteiger partial charge in [-0.1, -0.05) is 26.2 Å². The SMILES string of the molecule is CCCCCCC(=O)O[C@@H]1CCC[N+]2(C)CCCC[C@H]12. The number of unbranched alkanes of at least 4 members (excludes halogenated alkanes) is 3. The number of carbonyl (C=O) groups excluding carboxylic acids is 1. The third-order valence-corrected chi connectivity index (χ3v) is 5.32. The molecule has 2 saturated heterocycles. The number of hydrogen-bond acceptors (Lipinski definition) is 2. The molecule has 2 aliphatic heterocycles. The minimum absolute atomic E-state index is 0.0464. The summed E-state index contributed by atoms with van der Waals surface area (Å²) in [5.41, 5.74) is 0. The van der Waals surface area contributed by atoms with Gasteiger partial charge in [0.15, 0.2) is 6.10 Å². The maximum Gasteiger partial charge on any atom is 0.306 e. The number of likely N-dealkylation sites (N-methyl/N-ethyl adjacent to an activating group) is 1. The molecule has 3 nitrogen and oxygen atoms in total. The van der Waals surface area contributed by atoms with Crippen molar-refractivity contribution in [1.82, 2.24) is 0 Å². The summed E-state index contributed by atoms with van der Waals surface area (Å²) in [7, 11) is 2.37. The number of carbonyl (C=O) groups is 1. The van der Waals surface area contributed by atoms with Gasteiger partial charge in [-0.3, -0.25) is 4.79 Å². The maximum atomic E-state index is 12.0. The molecule has 0 aromatic carbocycles. The van der Waals surface area contributed by atoms with Crippen molar-refractivity contribution in [3.8, 4) is 0 Å². The Morgan fingerprint density at radius 3 is 2.70 bits per heavy atom. The van der Waals surface area contributed by atoms with Gasteiger partial charge in [-0.2, -0.15) is 0 Å². The summed E-state index contributed by atoms with van der Waals surface area (Å²) in [5, 5.41) is 0. The van der Waals surface area contributed by atoms with Gasteiger partial charge >= 0.3 is 5.97 Å². The Kier molecular flexibility index (Phi) is 5.88. The zero-order valence-electron chi connectivity index (χ0n) is 13.4. The molecule has 116 valence electrons. The van der Waals surface area contributed by atoms with Crippen LogP contribution in [-0.2, 0) is 9.53 Å². The van der Waals surface area contributed by atoms with Gasteiger partial charge < -0.3 is 9.22 Å². The molecular weight excluding hydrogens is 250 g/mol. The van der Waals surface area contributed by atoms with Gasteiger partial charge in [-0.25, -0.2) is 0 Å². The lowest BCUT2D eigenvalue weighted by molar-refractivity contribution is -0.946. The maximum absolute atomic E-state index is 12.0. The zero-order chi connectivity index (χ0) is 14.4.